The molecule has 6 nitrogen and oxygen atoms in total. The first-order chi connectivity index (χ1) is 18.4. The number of rotatable bonds is 13. The Labute approximate surface area is 224 Å². The summed E-state index contributed by atoms with van der Waals surface area (Å²) in [5.41, 5.74) is 3.50. The van der Waals surface area contributed by atoms with Gasteiger partial charge in [-0.15, -0.1) is 0 Å². The molecule has 1 aromatic heterocycles. The zero-order valence-electron chi connectivity index (χ0n) is 22.3. The maximum Gasteiger partial charge on any atom is 0.139 e. The Hall–Kier alpha value is -3.29. The molecule has 1 aliphatic heterocycles. The van der Waals surface area contributed by atoms with E-state index in [9.17, 15) is 9.18 Å². The van der Waals surface area contributed by atoms with Crippen LogP contribution in [0.25, 0.3) is 11.1 Å². The Kier molecular flexibility index (Phi) is 10.2. The second-order valence-electron chi connectivity index (χ2n) is 10.1. The molecule has 0 bridgehead atoms. The number of benzene rings is 2. The Balaban J connectivity index is 1.23. The smallest absolute Gasteiger partial charge is 0.139 e. The largest absolute Gasteiger partial charge is 0.493 e. The molecule has 2 aromatic carbocycles. The zero-order chi connectivity index (χ0) is 26.7. The molecule has 0 amide bonds. The van der Waals surface area contributed by atoms with Gasteiger partial charge >= 0.3 is 0 Å². The summed E-state index contributed by atoms with van der Waals surface area (Å²) in [7, 11) is 0. The van der Waals surface area contributed by atoms with Crippen LogP contribution < -0.4 is 9.47 Å². The quantitative estimate of drug-likeness (QED) is 0.302. The van der Waals surface area contributed by atoms with Crippen LogP contribution in [0.5, 0.6) is 11.5 Å². The lowest BCUT2D eigenvalue weighted by atomic mass is 10.0. The Morgan fingerprint density at radius 3 is 2.47 bits per heavy atom. The van der Waals surface area contributed by atoms with E-state index in [4.69, 9.17) is 14.2 Å². The van der Waals surface area contributed by atoms with Crippen molar-refractivity contribution >= 4 is 5.78 Å². The number of ketones is 1. The molecule has 38 heavy (non-hydrogen) atoms. The molecule has 4 rings (SSSR count). The fourth-order valence-corrected chi connectivity index (χ4v) is 4.25. The number of hydrogen-bond acceptors (Lipinski definition) is 6. The molecule has 2 heterocycles. The van der Waals surface area contributed by atoms with E-state index >= 15 is 0 Å². The predicted octanol–water partition coefficient (Wildman–Crippen LogP) is 5.38. The van der Waals surface area contributed by atoms with Gasteiger partial charge in [0, 0.05) is 56.0 Å². The Morgan fingerprint density at radius 1 is 1.00 bits per heavy atom. The summed E-state index contributed by atoms with van der Waals surface area (Å²) in [5, 5.41) is 0. The van der Waals surface area contributed by atoms with Crippen molar-refractivity contribution < 1.29 is 23.4 Å². The molecule has 3 aromatic rings. The van der Waals surface area contributed by atoms with Gasteiger partial charge in [0.15, 0.2) is 0 Å². The van der Waals surface area contributed by atoms with Gasteiger partial charge in [-0.05, 0) is 53.8 Å². The molecule has 0 saturated carbocycles. The number of hydrogen-bond donors (Lipinski definition) is 0. The van der Waals surface area contributed by atoms with Gasteiger partial charge in [-0.25, -0.2) is 4.39 Å². The van der Waals surface area contributed by atoms with Crippen molar-refractivity contribution in [3.63, 3.8) is 0 Å². The minimum atomic E-state index is -0.349. The number of carbonyl (C=O) groups is 1. The van der Waals surface area contributed by atoms with Gasteiger partial charge in [0.05, 0.1) is 19.8 Å². The third-order valence-electron chi connectivity index (χ3n) is 6.38. The SMILES string of the molecule is CC(C)COc1cc(F)cc(CCC(=O)Cc2ccc(-c3ccc(OCCN4CCOCC4)cc3)cn2)c1. The number of nitrogens with zero attached hydrogens (tertiary/aromatic N) is 2. The molecule has 7 heteroatoms. The van der Waals surface area contributed by atoms with Crippen LogP contribution in [0.4, 0.5) is 4.39 Å². The highest BCUT2D eigenvalue weighted by Crippen LogP contribution is 2.23. The summed E-state index contributed by atoms with van der Waals surface area (Å²) in [6.45, 7) is 9.65. The van der Waals surface area contributed by atoms with Gasteiger partial charge in [0.1, 0.15) is 29.7 Å². The summed E-state index contributed by atoms with van der Waals surface area (Å²) in [6.07, 6.45) is 2.83. The highest BCUT2D eigenvalue weighted by Gasteiger charge is 2.11. The number of Topliss-reactive ketones (excluding diaryl/α,β-unsaturated/α-hetero) is 1. The van der Waals surface area contributed by atoms with E-state index in [0.717, 1.165) is 61.0 Å². The van der Waals surface area contributed by atoms with Crippen LogP contribution in [0.15, 0.2) is 60.8 Å². The van der Waals surface area contributed by atoms with E-state index in [2.05, 4.69) is 9.88 Å². The summed E-state index contributed by atoms with van der Waals surface area (Å²) >= 11 is 0. The maximum absolute atomic E-state index is 14.0. The molecule has 0 atom stereocenters. The highest BCUT2D eigenvalue weighted by atomic mass is 19.1. The van der Waals surface area contributed by atoms with Crippen molar-refractivity contribution in [2.24, 2.45) is 5.92 Å². The number of aromatic nitrogens is 1. The lowest BCUT2D eigenvalue weighted by Crippen LogP contribution is -2.38. The number of aryl methyl sites for hydroxylation is 1. The Bertz CT molecular complexity index is 1160. The second kappa shape index (κ2) is 14.0. The number of halogens is 1. The molecule has 202 valence electrons. The first-order valence-corrected chi connectivity index (χ1v) is 13.4. The van der Waals surface area contributed by atoms with Crippen molar-refractivity contribution in [3.05, 3.63) is 77.9 Å². The molecule has 1 saturated heterocycles. The van der Waals surface area contributed by atoms with Crippen molar-refractivity contribution in [3.8, 4) is 22.6 Å². The van der Waals surface area contributed by atoms with E-state index in [1.54, 1.807) is 6.20 Å². The molecule has 0 radical (unpaired) electrons. The fraction of sp³-hybridized carbons (Fsp3) is 0.419. The average Bonchev–Trinajstić information content (AvgIpc) is 2.92. The molecular weight excluding hydrogens is 483 g/mol. The van der Waals surface area contributed by atoms with E-state index in [-0.39, 0.29) is 18.0 Å². The molecule has 0 spiro atoms. The Morgan fingerprint density at radius 2 is 1.76 bits per heavy atom. The first kappa shape index (κ1) is 27.7. The first-order valence-electron chi connectivity index (χ1n) is 13.4. The molecular formula is C31H37FN2O4. The van der Waals surface area contributed by atoms with Crippen LogP contribution in [-0.2, 0) is 22.4 Å². The van der Waals surface area contributed by atoms with Crippen LogP contribution in [0.2, 0.25) is 0 Å². The van der Waals surface area contributed by atoms with Gasteiger partial charge in [-0.2, -0.15) is 0 Å². The molecule has 1 fully saturated rings. The van der Waals surface area contributed by atoms with Crippen molar-refractivity contribution in [2.45, 2.75) is 33.1 Å². The molecule has 1 aliphatic rings. The molecule has 0 N–H and O–H groups in total. The van der Waals surface area contributed by atoms with Crippen LogP contribution in [0, 0.1) is 11.7 Å². The van der Waals surface area contributed by atoms with Crippen molar-refractivity contribution in [2.75, 3.05) is 46.1 Å². The van der Waals surface area contributed by atoms with Crippen LogP contribution in [0.1, 0.15) is 31.5 Å². The summed E-state index contributed by atoms with van der Waals surface area (Å²) in [6, 6.07) is 16.5. The maximum atomic E-state index is 14.0. The van der Waals surface area contributed by atoms with E-state index in [1.807, 2.05) is 56.3 Å². The minimum absolute atomic E-state index is 0.0674. The zero-order valence-corrected chi connectivity index (χ0v) is 22.3. The van der Waals surface area contributed by atoms with Crippen molar-refractivity contribution in [1.82, 2.24) is 9.88 Å². The average molecular weight is 521 g/mol. The monoisotopic (exact) mass is 520 g/mol. The third-order valence-corrected chi connectivity index (χ3v) is 6.38. The van der Waals surface area contributed by atoms with Crippen LogP contribution >= 0.6 is 0 Å². The number of morpholine rings is 1. The summed E-state index contributed by atoms with van der Waals surface area (Å²) in [5.74, 6) is 1.42. The van der Waals surface area contributed by atoms with Crippen molar-refractivity contribution in [1.29, 1.82) is 0 Å². The lowest BCUT2D eigenvalue weighted by molar-refractivity contribution is -0.118. The second-order valence-corrected chi connectivity index (χ2v) is 10.1. The molecule has 0 aliphatic carbocycles. The van der Waals surface area contributed by atoms with Gasteiger partial charge in [-0.1, -0.05) is 32.0 Å². The normalized spacial score (nSPS) is 14.0. The van der Waals surface area contributed by atoms with Crippen LogP contribution in [-0.4, -0.2) is 61.7 Å². The van der Waals surface area contributed by atoms with E-state index < -0.39 is 0 Å². The highest BCUT2D eigenvalue weighted by molar-refractivity contribution is 5.80. The standard InChI is InChI=1S/C31H37FN2O4/c1-23(2)22-38-31-18-24(17-27(32)19-31)3-8-29(35)20-28-7-4-26(21-33-28)25-5-9-30(10-6-25)37-16-13-34-11-14-36-15-12-34/h4-7,9-10,17-19,21,23H,3,8,11-16,20,22H2,1-2H3. The summed E-state index contributed by atoms with van der Waals surface area (Å²) in [4.78, 5) is 19.4. The van der Waals surface area contributed by atoms with Gasteiger partial charge in [0.2, 0.25) is 0 Å². The van der Waals surface area contributed by atoms with Gasteiger partial charge < -0.3 is 14.2 Å². The number of carbonyl (C=O) groups excluding carboxylic acids is 1. The fourth-order valence-electron chi connectivity index (χ4n) is 4.25. The topological polar surface area (TPSA) is 60.9 Å². The van der Waals surface area contributed by atoms with E-state index in [0.29, 0.717) is 37.7 Å². The molecule has 0 unspecified atom stereocenters. The minimum Gasteiger partial charge on any atom is -0.493 e. The summed E-state index contributed by atoms with van der Waals surface area (Å²) < 4.78 is 30.9. The number of ether oxygens (including phenoxy) is 3. The third kappa shape index (κ3) is 8.92. The number of pyridine rings is 1. The predicted molar refractivity (Wildman–Crippen MR) is 146 cm³/mol. The van der Waals surface area contributed by atoms with Gasteiger partial charge in [-0.3, -0.25) is 14.7 Å². The van der Waals surface area contributed by atoms with Gasteiger partial charge in [0.25, 0.3) is 0 Å². The van der Waals surface area contributed by atoms with E-state index in [1.165, 1.54) is 12.1 Å². The van der Waals surface area contributed by atoms with Crippen LogP contribution in [0.3, 0.4) is 0 Å². The lowest BCUT2D eigenvalue weighted by Gasteiger charge is -2.26.